The predicted molar refractivity (Wildman–Crippen MR) is 100 cm³/mol. The molecular formula is C17H20ClN3O3S. The third kappa shape index (κ3) is 5.74. The number of nitrogens with one attached hydrogen (secondary N) is 2. The number of carbonyl (C=O) groups is 1. The second-order valence-corrected chi connectivity index (χ2v) is 7.69. The van der Waals surface area contributed by atoms with Crippen LogP contribution in [-0.2, 0) is 9.92 Å². The number of nitrogens with zero attached hydrogens (tertiary/aromatic N) is 1. The Morgan fingerprint density at radius 1 is 1.16 bits per heavy atom. The summed E-state index contributed by atoms with van der Waals surface area (Å²) in [4.78, 5) is 12.4. The number of halogens is 1. The van der Waals surface area contributed by atoms with Crippen molar-refractivity contribution in [2.75, 3.05) is 17.9 Å². The molecule has 1 atom stereocenters. The molecule has 0 aromatic heterocycles. The van der Waals surface area contributed by atoms with E-state index >= 15 is 0 Å². The number of rotatable bonds is 6. The van der Waals surface area contributed by atoms with Gasteiger partial charge in [-0.15, -0.1) is 4.36 Å². The molecule has 2 amide bonds. The third-order valence-electron chi connectivity index (χ3n) is 3.26. The van der Waals surface area contributed by atoms with Gasteiger partial charge >= 0.3 is 6.03 Å². The highest BCUT2D eigenvalue weighted by atomic mass is 35.5. The summed E-state index contributed by atoms with van der Waals surface area (Å²) in [7, 11) is -3.23. The average Bonchev–Trinajstić information content (AvgIpc) is 2.57. The minimum atomic E-state index is -3.23. The molecule has 0 fully saturated rings. The molecule has 2 aromatic rings. The first-order valence-electron chi connectivity index (χ1n) is 7.69. The second-order valence-electron chi connectivity index (χ2n) is 5.35. The molecule has 0 bridgehead atoms. The summed E-state index contributed by atoms with van der Waals surface area (Å²) < 4.78 is 20.1. The quantitative estimate of drug-likeness (QED) is 0.668. The topological polar surface area (TPSA) is 90.8 Å². The maximum atomic E-state index is 13.4. The Labute approximate surface area is 152 Å². The van der Waals surface area contributed by atoms with Crippen LogP contribution in [0.4, 0.5) is 10.5 Å². The zero-order valence-electron chi connectivity index (χ0n) is 13.7. The van der Waals surface area contributed by atoms with Crippen molar-refractivity contribution in [1.29, 1.82) is 0 Å². The molecule has 3 N–H and O–H groups in total. The van der Waals surface area contributed by atoms with Crippen molar-refractivity contribution in [1.82, 2.24) is 5.32 Å². The Morgan fingerprint density at radius 2 is 1.80 bits per heavy atom. The molecule has 1 unspecified atom stereocenters. The molecule has 6 nitrogen and oxygen atoms in total. The highest BCUT2D eigenvalue weighted by Crippen LogP contribution is 2.20. The van der Waals surface area contributed by atoms with Crippen LogP contribution in [0.3, 0.4) is 0 Å². The number of benzene rings is 2. The summed E-state index contributed by atoms with van der Waals surface area (Å²) in [6, 6.07) is 12.9. The van der Waals surface area contributed by atoms with Gasteiger partial charge in [0.05, 0.1) is 4.90 Å². The lowest BCUT2D eigenvalue weighted by atomic mass is 10.2. The minimum absolute atomic E-state index is 0.0450. The summed E-state index contributed by atoms with van der Waals surface area (Å²) >= 11 is 5.87. The molecule has 0 heterocycles. The molecule has 2 rings (SSSR count). The van der Waals surface area contributed by atoms with Crippen LogP contribution < -0.4 is 10.0 Å². The molecule has 0 spiro atoms. The van der Waals surface area contributed by atoms with Gasteiger partial charge in [-0.1, -0.05) is 29.3 Å². The van der Waals surface area contributed by atoms with E-state index in [0.29, 0.717) is 22.0 Å². The van der Waals surface area contributed by atoms with Gasteiger partial charge in [-0.25, -0.2) is 9.00 Å². The average molecular weight is 382 g/mol. The number of hydrogen-bond donors (Lipinski definition) is 3. The number of aryl methyl sites for hydroxylation is 1. The van der Waals surface area contributed by atoms with Crippen LogP contribution in [0.5, 0.6) is 0 Å². The van der Waals surface area contributed by atoms with Crippen LogP contribution in [0.1, 0.15) is 12.0 Å². The summed E-state index contributed by atoms with van der Waals surface area (Å²) in [5, 5.41) is 11.8. The van der Waals surface area contributed by atoms with E-state index in [0.717, 1.165) is 5.56 Å². The van der Waals surface area contributed by atoms with Gasteiger partial charge in [0.25, 0.3) is 0 Å². The molecule has 0 saturated heterocycles. The van der Waals surface area contributed by atoms with Gasteiger partial charge in [0.1, 0.15) is 0 Å². The van der Waals surface area contributed by atoms with Gasteiger partial charge in [0.15, 0.2) is 9.92 Å². The Kier molecular flexibility index (Phi) is 6.81. The van der Waals surface area contributed by atoms with Gasteiger partial charge in [0, 0.05) is 23.9 Å². The summed E-state index contributed by atoms with van der Waals surface area (Å²) in [6.07, 6.45) is 0.400. The Hall–Kier alpha value is -2.09. The molecule has 0 aliphatic rings. The number of hydrogen-bond acceptors (Lipinski definition) is 3. The fraction of sp³-hybridized carbons (Fsp3) is 0.235. The summed E-state index contributed by atoms with van der Waals surface area (Å²) in [6.45, 7) is 2.12. The van der Waals surface area contributed by atoms with Crippen LogP contribution in [-0.4, -0.2) is 28.5 Å². The number of anilines is 1. The van der Waals surface area contributed by atoms with Crippen molar-refractivity contribution < 1.29 is 14.1 Å². The fourth-order valence-electron chi connectivity index (χ4n) is 1.96. The van der Waals surface area contributed by atoms with Crippen LogP contribution in [0, 0.1) is 6.92 Å². The van der Waals surface area contributed by atoms with E-state index in [4.69, 9.17) is 16.7 Å². The maximum absolute atomic E-state index is 13.4. The van der Waals surface area contributed by atoms with Gasteiger partial charge in [-0.2, -0.15) is 0 Å². The fourth-order valence-corrected chi connectivity index (χ4v) is 3.61. The van der Waals surface area contributed by atoms with Gasteiger partial charge in [0.2, 0.25) is 0 Å². The first-order valence-corrected chi connectivity index (χ1v) is 9.58. The molecular weight excluding hydrogens is 362 g/mol. The van der Waals surface area contributed by atoms with Gasteiger partial charge in [-0.05, 0) is 49.7 Å². The van der Waals surface area contributed by atoms with Crippen molar-refractivity contribution in [3.05, 3.63) is 59.1 Å². The van der Waals surface area contributed by atoms with Gasteiger partial charge < -0.3 is 10.4 Å². The summed E-state index contributed by atoms with van der Waals surface area (Å²) in [5.41, 5.74) is 1.53. The van der Waals surface area contributed by atoms with E-state index in [2.05, 4.69) is 14.4 Å². The van der Waals surface area contributed by atoms with E-state index in [1.807, 2.05) is 6.92 Å². The van der Waals surface area contributed by atoms with Gasteiger partial charge in [-0.3, -0.25) is 4.72 Å². The van der Waals surface area contributed by atoms with Crippen molar-refractivity contribution >= 4 is 33.2 Å². The Morgan fingerprint density at radius 3 is 2.40 bits per heavy atom. The third-order valence-corrected chi connectivity index (χ3v) is 5.36. The van der Waals surface area contributed by atoms with Crippen LogP contribution in [0.25, 0.3) is 0 Å². The highest BCUT2D eigenvalue weighted by Gasteiger charge is 2.15. The number of aliphatic hydroxyl groups excluding tert-OH is 1. The number of urea groups is 1. The molecule has 25 heavy (non-hydrogen) atoms. The Balaban J connectivity index is 2.36. The van der Waals surface area contributed by atoms with Crippen molar-refractivity contribution in [2.24, 2.45) is 4.36 Å². The largest absolute Gasteiger partial charge is 0.396 e. The zero-order chi connectivity index (χ0) is 18.3. The van der Waals surface area contributed by atoms with E-state index in [-0.39, 0.29) is 13.2 Å². The normalized spacial score (nSPS) is 12.9. The molecule has 0 aliphatic heterocycles. The molecule has 0 radical (unpaired) electrons. The monoisotopic (exact) mass is 381 g/mol. The lowest BCUT2D eigenvalue weighted by molar-refractivity contribution is 0.246. The minimum Gasteiger partial charge on any atom is -0.396 e. The van der Waals surface area contributed by atoms with E-state index in [9.17, 15) is 9.00 Å². The lowest BCUT2D eigenvalue weighted by Crippen LogP contribution is -2.25. The predicted octanol–water partition coefficient (Wildman–Crippen LogP) is 3.59. The molecule has 0 aliphatic carbocycles. The van der Waals surface area contributed by atoms with E-state index in [1.54, 1.807) is 48.5 Å². The molecule has 8 heteroatoms. The molecule has 2 aromatic carbocycles. The molecule has 134 valence electrons. The van der Waals surface area contributed by atoms with Crippen LogP contribution in [0.15, 0.2) is 57.8 Å². The zero-order valence-corrected chi connectivity index (χ0v) is 15.3. The maximum Gasteiger partial charge on any atom is 0.350 e. The lowest BCUT2D eigenvalue weighted by Gasteiger charge is -2.14. The Bertz CT molecular complexity index is 829. The van der Waals surface area contributed by atoms with Crippen molar-refractivity contribution in [2.45, 2.75) is 18.2 Å². The van der Waals surface area contributed by atoms with E-state index in [1.165, 1.54) is 0 Å². The standard InChI is InChI=1S/C17H20ClN3O3S/c1-13-3-9-16(10-4-13)25(24,21-17(23)19-11-2-12-22)20-15-7-5-14(18)6-8-15/h3-10,22H,2,11-12H2,1H3,(H2,19,20,21,23,24). The summed E-state index contributed by atoms with van der Waals surface area (Å²) in [5.74, 6) is 0. The highest BCUT2D eigenvalue weighted by molar-refractivity contribution is 7.95. The SMILES string of the molecule is Cc1ccc(S(=O)(=NC(=O)NCCCO)Nc2ccc(Cl)cc2)cc1. The number of amides is 2. The number of aliphatic hydroxyl groups is 1. The first kappa shape index (κ1) is 19.2. The second kappa shape index (κ2) is 8.84. The first-order chi connectivity index (χ1) is 11.9. The van der Waals surface area contributed by atoms with Crippen LogP contribution in [0.2, 0.25) is 5.02 Å². The number of carbonyl (C=O) groups excluding carboxylic acids is 1. The van der Waals surface area contributed by atoms with Crippen LogP contribution >= 0.6 is 11.6 Å². The van der Waals surface area contributed by atoms with E-state index < -0.39 is 15.9 Å². The van der Waals surface area contributed by atoms with Crippen molar-refractivity contribution in [3.63, 3.8) is 0 Å². The smallest absolute Gasteiger partial charge is 0.350 e. The van der Waals surface area contributed by atoms with Crippen molar-refractivity contribution in [3.8, 4) is 0 Å². The molecule has 0 saturated carbocycles.